The number of aliphatic hydroxyl groups is 2. The second-order valence-electron chi connectivity index (χ2n) is 11.5. The van der Waals surface area contributed by atoms with E-state index in [9.17, 15) is 19.4 Å². The maximum Gasteiger partial charge on any atom is 0.472 e. The van der Waals surface area contributed by atoms with Crippen molar-refractivity contribution in [3.8, 4) is 0 Å². The average Bonchev–Trinajstić information content (AvgIpc) is 3.01. The van der Waals surface area contributed by atoms with Gasteiger partial charge in [0, 0.05) is 13.0 Å². The van der Waals surface area contributed by atoms with Crippen molar-refractivity contribution < 1.29 is 43.0 Å². The predicted molar refractivity (Wildman–Crippen MR) is 177 cm³/mol. The highest BCUT2D eigenvalue weighted by atomic mass is 31.2. The largest absolute Gasteiger partial charge is 0.472 e. The van der Waals surface area contributed by atoms with E-state index in [2.05, 4.69) is 38.2 Å². The van der Waals surface area contributed by atoms with Crippen LogP contribution in [0.25, 0.3) is 0 Å². The number of phosphoric acid groups is 1. The van der Waals surface area contributed by atoms with Crippen LogP contribution in [0.5, 0.6) is 0 Å². The average molecular weight is 649 g/mol. The van der Waals surface area contributed by atoms with Crippen LogP contribution in [0.3, 0.4) is 0 Å². The molecule has 0 aromatic heterocycles. The van der Waals surface area contributed by atoms with Crippen molar-refractivity contribution in [2.45, 2.75) is 154 Å². The normalized spacial score (nSPS) is 14.8. The van der Waals surface area contributed by atoms with Crippen LogP contribution < -0.4 is 0 Å². The van der Waals surface area contributed by atoms with Crippen molar-refractivity contribution >= 4 is 13.8 Å². The minimum Gasteiger partial charge on any atom is -0.457 e. The molecule has 0 radical (unpaired) electrons. The first-order valence-electron chi connectivity index (χ1n) is 17.3. The van der Waals surface area contributed by atoms with E-state index in [0.717, 1.165) is 57.8 Å². The van der Waals surface area contributed by atoms with Crippen molar-refractivity contribution in [2.75, 3.05) is 33.0 Å². The number of carbonyl (C=O) groups excluding carboxylic acids is 1. The van der Waals surface area contributed by atoms with Gasteiger partial charge in [-0.2, -0.15) is 0 Å². The molecule has 0 aromatic carbocycles. The van der Waals surface area contributed by atoms with Crippen LogP contribution in [0.15, 0.2) is 24.3 Å². The smallest absolute Gasteiger partial charge is 0.457 e. The number of rotatable bonds is 33. The Labute approximate surface area is 268 Å². The molecule has 260 valence electrons. The first-order valence-corrected chi connectivity index (χ1v) is 18.8. The zero-order valence-electron chi connectivity index (χ0n) is 27.9. The second-order valence-corrected chi connectivity index (χ2v) is 13.0. The molecule has 3 atom stereocenters. The fourth-order valence-corrected chi connectivity index (χ4v) is 5.24. The van der Waals surface area contributed by atoms with E-state index in [1.165, 1.54) is 64.2 Å². The van der Waals surface area contributed by atoms with E-state index < -0.39 is 39.2 Å². The molecule has 9 nitrogen and oxygen atoms in total. The molecule has 0 saturated carbocycles. The summed E-state index contributed by atoms with van der Waals surface area (Å²) in [6.45, 7) is 3.39. The summed E-state index contributed by atoms with van der Waals surface area (Å²) in [6.07, 6.45) is 28.5. The van der Waals surface area contributed by atoms with Gasteiger partial charge >= 0.3 is 13.8 Å². The Morgan fingerprint density at radius 1 is 0.705 bits per heavy atom. The summed E-state index contributed by atoms with van der Waals surface area (Å²) in [4.78, 5) is 22.3. The van der Waals surface area contributed by atoms with Gasteiger partial charge in [-0.25, -0.2) is 4.57 Å². The molecule has 0 spiro atoms. The molecular weight excluding hydrogens is 583 g/mol. The monoisotopic (exact) mass is 648 g/mol. The van der Waals surface area contributed by atoms with Gasteiger partial charge in [0.15, 0.2) is 0 Å². The summed E-state index contributed by atoms with van der Waals surface area (Å²) in [7, 11) is -4.50. The number of esters is 1. The molecular formula is C34H65O9P. The molecule has 10 heteroatoms. The SMILES string of the molecule is CCC/C=C\C/C=C\CCCCCCCCOCC(COP(=O)(O)OCC(O)CO)OC(=O)CCCCCCCCCCC. The minimum absolute atomic E-state index is 0.0444. The van der Waals surface area contributed by atoms with Crippen LogP contribution in [0.4, 0.5) is 0 Å². The fraction of sp³-hybridized carbons (Fsp3) is 0.853. The summed E-state index contributed by atoms with van der Waals surface area (Å²) in [5, 5.41) is 18.2. The Bertz CT molecular complexity index is 744. The molecule has 0 amide bonds. The third-order valence-corrected chi connectivity index (χ3v) is 8.07. The number of aliphatic hydroxyl groups excluding tert-OH is 2. The van der Waals surface area contributed by atoms with Gasteiger partial charge in [-0.15, -0.1) is 0 Å². The van der Waals surface area contributed by atoms with E-state index in [0.29, 0.717) is 6.61 Å². The number of allylic oxidation sites excluding steroid dienone is 4. The Hall–Kier alpha value is -1.06. The number of hydrogen-bond acceptors (Lipinski definition) is 8. The van der Waals surface area contributed by atoms with Gasteiger partial charge < -0.3 is 24.6 Å². The lowest BCUT2D eigenvalue weighted by molar-refractivity contribution is -0.154. The van der Waals surface area contributed by atoms with Crippen LogP contribution in [0, 0.1) is 0 Å². The molecule has 0 rings (SSSR count). The molecule has 0 aliphatic rings. The van der Waals surface area contributed by atoms with Crippen LogP contribution in [-0.2, 0) is 27.9 Å². The maximum absolute atomic E-state index is 12.4. The third-order valence-electron chi connectivity index (χ3n) is 7.12. The zero-order chi connectivity index (χ0) is 32.6. The summed E-state index contributed by atoms with van der Waals surface area (Å²) in [6, 6.07) is 0. The first-order chi connectivity index (χ1) is 21.3. The molecule has 0 bridgehead atoms. The molecule has 0 aliphatic heterocycles. The maximum atomic E-state index is 12.4. The van der Waals surface area contributed by atoms with Crippen LogP contribution in [0.2, 0.25) is 0 Å². The van der Waals surface area contributed by atoms with Crippen molar-refractivity contribution in [3.63, 3.8) is 0 Å². The van der Waals surface area contributed by atoms with Crippen molar-refractivity contribution in [1.29, 1.82) is 0 Å². The molecule has 0 aliphatic carbocycles. The Balaban J connectivity index is 4.27. The first kappa shape index (κ1) is 42.9. The van der Waals surface area contributed by atoms with Gasteiger partial charge in [0.25, 0.3) is 0 Å². The van der Waals surface area contributed by atoms with Crippen LogP contribution in [0.1, 0.15) is 142 Å². The van der Waals surface area contributed by atoms with Crippen molar-refractivity contribution in [1.82, 2.24) is 0 Å². The van der Waals surface area contributed by atoms with E-state index in [1.54, 1.807) is 0 Å². The highest BCUT2D eigenvalue weighted by Gasteiger charge is 2.26. The van der Waals surface area contributed by atoms with Crippen LogP contribution >= 0.6 is 7.82 Å². The van der Waals surface area contributed by atoms with Gasteiger partial charge in [-0.1, -0.05) is 122 Å². The number of unbranched alkanes of at least 4 members (excludes halogenated alkanes) is 15. The quantitative estimate of drug-likeness (QED) is 0.0278. The van der Waals surface area contributed by atoms with Crippen molar-refractivity contribution in [2.24, 2.45) is 0 Å². The number of phosphoric ester groups is 1. The zero-order valence-corrected chi connectivity index (χ0v) is 28.8. The van der Waals surface area contributed by atoms with E-state index in [1.807, 2.05) is 0 Å². The van der Waals surface area contributed by atoms with Crippen LogP contribution in [-0.4, -0.2) is 66.3 Å². The summed E-state index contributed by atoms with van der Waals surface area (Å²) >= 11 is 0. The molecule has 3 unspecified atom stereocenters. The minimum atomic E-state index is -4.50. The molecule has 0 aromatic rings. The standard InChI is InChI=1S/C34H65O9P/c1-3-5-7-9-11-13-14-15-16-17-19-21-23-25-27-40-30-33(31-42-44(38,39)41-29-32(36)28-35)43-34(37)26-24-22-20-18-12-10-8-6-4-2/h7,9,13-14,32-33,35-36H,3-6,8,10-12,15-31H2,1-2H3,(H,38,39)/b9-7-,14-13-. The number of ether oxygens (including phenoxy) is 2. The lowest BCUT2D eigenvalue weighted by atomic mass is 10.1. The Kier molecular flexibility index (Phi) is 31.1. The summed E-state index contributed by atoms with van der Waals surface area (Å²) in [5.74, 6) is -0.391. The molecule has 44 heavy (non-hydrogen) atoms. The number of carbonyl (C=O) groups is 1. The topological polar surface area (TPSA) is 132 Å². The predicted octanol–water partition coefficient (Wildman–Crippen LogP) is 8.36. The Morgan fingerprint density at radius 3 is 1.91 bits per heavy atom. The molecule has 0 fully saturated rings. The van der Waals surface area contributed by atoms with Gasteiger partial charge in [-0.05, 0) is 38.5 Å². The third kappa shape index (κ3) is 30.9. The van der Waals surface area contributed by atoms with Gasteiger partial charge in [0.2, 0.25) is 0 Å². The molecule has 3 N–H and O–H groups in total. The van der Waals surface area contributed by atoms with E-state index in [4.69, 9.17) is 23.6 Å². The fourth-order valence-electron chi connectivity index (χ4n) is 4.45. The molecule has 0 saturated heterocycles. The highest BCUT2D eigenvalue weighted by molar-refractivity contribution is 7.47. The van der Waals surface area contributed by atoms with E-state index in [-0.39, 0.29) is 19.6 Å². The lowest BCUT2D eigenvalue weighted by Crippen LogP contribution is -2.29. The second kappa shape index (κ2) is 31.9. The van der Waals surface area contributed by atoms with Gasteiger partial charge in [0.1, 0.15) is 12.2 Å². The van der Waals surface area contributed by atoms with Gasteiger partial charge in [-0.3, -0.25) is 13.8 Å². The Morgan fingerprint density at radius 2 is 1.27 bits per heavy atom. The number of hydrogen-bond donors (Lipinski definition) is 3. The lowest BCUT2D eigenvalue weighted by Gasteiger charge is -2.20. The van der Waals surface area contributed by atoms with Crippen molar-refractivity contribution in [3.05, 3.63) is 24.3 Å². The summed E-state index contributed by atoms with van der Waals surface area (Å²) in [5.41, 5.74) is 0. The van der Waals surface area contributed by atoms with Gasteiger partial charge in [0.05, 0.1) is 26.4 Å². The molecule has 0 heterocycles. The van der Waals surface area contributed by atoms with E-state index >= 15 is 0 Å². The highest BCUT2D eigenvalue weighted by Crippen LogP contribution is 2.43. The summed E-state index contributed by atoms with van der Waals surface area (Å²) < 4.78 is 33.1.